The van der Waals surface area contributed by atoms with Crippen LogP contribution in [-0.4, -0.2) is 22.6 Å². The number of halogens is 1. The highest BCUT2D eigenvalue weighted by Crippen LogP contribution is 2.27. The van der Waals surface area contributed by atoms with Crippen molar-refractivity contribution in [3.05, 3.63) is 59.5 Å². The van der Waals surface area contributed by atoms with Gasteiger partial charge < -0.3 is 9.72 Å². The summed E-state index contributed by atoms with van der Waals surface area (Å²) in [6, 6.07) is 11.9. The van der Waals surface area contributed by atoms with Crippen molar-refractivity contribution in [3.8, 4) is 11.1 Å². The van der Waals surface area contributed by atoms with Crippen LogP contribution in [0.15, 0.2) is 42.5 Å². The van der Waals surface area contributed by atoms with Gasteiger partial charge in [0.25, 0.3) is 5.91 Å². The van der Waals surface area contributed by atoms with E-state index in [1.54, 1.807) is 32.9 Å². The summed E-state index contributed by atoms with van der Waals surface area (Å²) >= 11 is 0. The van der Waals surface area contributed by atoms with Gasteiger partial charge in [0.1, 0.15) is 17.1 Å². The summed E-state index contributed by atoms with van der Waals surface area (Å²) in [6.07, 6.45) is -0.742. The number of amides is 2. The van der Waals surface area contributed by atoms with Crippen LogP contribution in [-0.2, 0) is 4.74 Å². The normalized spacial score (nSPS) is 11.3. The number of hydrogen-bond donors (Lipinski definition) is 3. The molecule has 7 heteroatoms. The Balaban J connectivity index is 1.80. The van der Waals surface area contributed by atoms with Crippen LogP contribution in [0.2, 0.25) is 0 Å². The first-order valence-electron chi connectivity index (χ1n) is 8.81. The average molecular weight is 383 g/mol. The van der Waals surface area contributed by atoms with E-state index in [2.05, 4.69) is 15.8 Å². The second kappa shape index (κ2) is 7.34. The number of aryl methyl sites for hydroxylation is 1. The van der Waals surface area contributed by atoms with Crippen LogP contribution < -0.4 is 10.9 Å². The van der Waals surface area contributed by atoms with Crippen LogP contribution in [0.5, 0.6) is 0 Å². The maximum absolute atomic E-state index is 13.1. The molecular weight excluding hydrogens is 361 g/mol. The summed E-state index contributed by atoms with van der Waals surface area (Å²) in [4.78, 5) is 27.2. The molecule has 2 aromatic carbocycles. The fraction of sp³-hybridized carbons (Fsp3) is 0.238. The van der Waals surface area contributed by atoms with Gasteiger partial charge in [0.15, 0.2) is 0 Å². The molecule has 0 unspecified atom stereocenters. The maximum Gasteiger partial charge on any atom is 0.426 e. The predicted molar refractivity (Wildman–Crippen MR) is 105 cm³/mol. The van der Waals surface area contributed by atoms with Gasteiger partial charge in [0.05, 0.1) is 0 Å². The molecule has 1 aromatic heterocycles. The van der Waals surface area contributed by atoms with Gasteiger partial charge in [-0.3, -0.25) is 10.2 Å². The summed E-state index contributed by atoms with van der Waals surface area (Å²) in [5, 5.41) is 0.883. The SMILES string of the molecule is Cc1c(C(=O)NNC(=O)OC(C)(C)C)[nH]c2cc(-c3ccc(F)cc3)ccc12. The number of hydrazine groups is 1. The Morgan fingerprint density at radius 2 is 1.64 bits per heavy atom. The number of nitrogens with one attached hydrogen (secondary N) is 3. The Kier molecular flexibility index (Phi) is 5.09. The van der Waals surface area contributed by atoms with Crippen molar-refractivity contribution in [3.63, 3.8) is 0 Å². The Morgan fingerprint density at radius 1 is 1.00 bits per heavy atom. The minimum atomic E-state index is -0.742. The molecular formula is C21H22FN3O3. The molecule has 0 fully saturated rings. The van der Waals surface area contributed by atoms with E-state index in [1.165, 1.54) is 12.1 Å². The fourth-order valence-corrected chi connectivity index (χ4v) is 2.86. The summed E-state index contributed by atoms with van der Waals surface area (Å²) < 4.78 is 18.2. The number of rotatable bonds is 2. The first-order valence-corrected chi connectivity index (χ1v) is 8.81. The number of carbonyl (C=O) groups is 2. The molecule has 0 aliphatic carbocycles. The van der Waals surface area contributed by atoms with E-state index in [0.717, 1.165) is 27.6 Å². The lowest BCUT2D eigenvalue weighted by molar-refractivity contribution is 0.0483. The average Bonchev–Trinajstić information content (AvgIpc) is 2.95. The Morgan fingerprint density at radius 3 is 2.29 bits per heavy atom. The second-order valence-corrected chi connectivity index (χ2v) is 7.47. The van der Waals surface area contributed by atoms with Crippen molar-refractivity contribution in [2.75, 3.05) is 0 Å². The number of H-pyrrole nitrogens is 1. The van der Waals surface area contributed by atoms with E-state index < -0.39 is 17.6 Å². The number of ether oxygens (including phenoxy) is 1. The fourth-order valence-electron chi connectivity index (χ4n) is 2.86. The van der Waals surface area contributed by atoms with Gasteiger partial charge in [-0.2, -0.15) is 0 Å². The standard InChI is InChI=1S/C21H22FN3O3/c1-12-16-10-7-14(13-5-8-15(22)9-6-13)11-17(16)23-18(12)19(26)24-25-20(27)28-21(2,3)4/h5-11,23H,1-4H3,(H,24,26)(H,25,27). The molecule has 0 saturated carbocycles. The van der Waals surface area contributed by atoms with Crippen molar-refractivity contribution in [1.29, 1.82) is 0 Å². The molecule has 146 valence electrons. The highest BCUT2D eigenvalue weighted by molar-refractivity contribution is 6.02. The molecule has 28 heavy (non-hydrogen) atoms. The molecule has 0 bridgehead atoms. The highest BCUT2D eigenvalue weighted by atomic mass is 19.1. The molecule has 1 heterocycles. The van der Waals surface area contributed by atoms with Crippen molar-refractivity contribution in [1.82, 2.24) is 15.8 Å². The van der Waals surface area contributed by atoms with Crippen LogP contribution in [0.3, 0.4) is 0 Å². The zero-order chi connectivity index (χ0) is 20.5. The van der Waals surface area contributed by atoms with Crippen LogP contribution in [0, 0.1) is 12.7 Å². The summed E-state index contributed by atoms with van der Waals surface area (Å²) in [5.41, 5.74) is 7.53. The maximum atomic E-state index is 13.1. The first kappa shape index (κ1) is 19.4. The van der Waals surface area contributed by atoms with Gasteiger partial charge >= 0.3 is 6.09 Å². The molecule has 2 amide bonds. The Labute approximate surface area is 162 Å². The van der Waals surface area contributed by atoms with Crippen LogP contribution in [0.4, 0.5) is 9.18 Å². The smallest absolute Gasteiger partial charge is 0.426 e. The molecule has 0 aliphatic heterocycles. The van der Waals surface area contributed by atoms with E-state index in [9.17, 15) is 14.0 Å². The molecule has 0 atom stereocenters. The topological polar surface area (TPSA) is 83.2 Å². The minimum absolute atomic E-state index is 0.294. The third-order valence-electron chi connectivity index (χ3n) is 4.14. The second-order valence-electron chi connectivity index (χ2n) is 7.47. The lowest BCUT2D eigenvalue weighted by Crippen LogP contribution is -2.44. The van der Waals surface area contributed by atoms with E-state index in [-0.39, 0.29) is 5.82 Å². The number of aromatic amines is 1. The summed E-state index contributed by atoms with van der Waals surface area (Å²) in [6.45, 7) is 7.01. The largest absolute Gasteiger partial charge is 0.443 e. The van der Waals surface area contributed by atoms with E-state index >= 15 is 0 Å². The Hall–Kier alpha value is -3.35. The van der Waals surface area contributed by atoms with Gasteiger partial charge in [0, 0.05) is 10.9 Å². The van der Waals surface area contributed by atoms with Gasteiger partial charge in [0.2, 0.25) is 0 Å². The van der Waals surface area contributed by atoms with Gasteiger partial charge in [-0.1, -0.05) is 24.3 Å². The minimum Gasteiger partial charge on any atom is -0.443 e. The number of carbonyl (C=O) groups excluding carboxylic acids is 2. The summed E-state index contributed by atoms with van der Waals surface area (Å²) in [5.74, 6) is -0.778. The highest BCUT2D eigenvalue weighted by Gasteiger charge is 2.19. The van der Waals surface area contributed by atoms with E-state index in [4.69, 9.17) is 4.74 Å². The number of hydrogen-bond acceptors (Lipinski definition) is 3. The third-order valence-corrected chi connectivity index (χ3v) is 4.14. The molecule has 3 rings (SSSR count). The number of fused-ring (bicyclic) bond motifs is 1. The van der Waals surface area contributed by atoms with E-state index in [0.29, 0.717) is 5.69 Å². The van der Waals surface area contributed by atoms with Crippen molar-refractivity contribution >= 4 is 22.9 Å². The molecule has 3 N–H and O–H groups in total. The number of aromatic nitrogens is 1. The quantitative estimate of drug-likeness (QED) is 0.572. The first-order chi connectivity index (χ1) is 13.1. The molecule has 6 nitrogen and oxygen atoms in total. The van der Waals surface area contributed by atoms with Gasteiger partial charge in [-0.15, -0.1) is 0 Å². The van der Waals surface area contributed by atoms with Crippen molar-refractivity contribution in [2.45, 2.75) is 33.3 Å². The van der Waals surface area contributed by atoms with Crippen LogP contribution in [0.1, 0.15) is 36.8 Å². The summed E-state index contributed by atoms with van der Waals surface area (Å²) in [7, 11) is 0. The van der Waals surface area contributed by atoms with Gasteiger partial charge in [-0.25, -0.2) is 14.6 Å². The molecule has 0 saturated heterocycles. The van der Waals surface area contributed by atoms with Crippen LogP contribution in [0.25, 0.3) is 22.0 Å². The lowest BCUT2D eigenvalue weighted by atomic mass is 10.0. The van der Waals surface area contributed by atoms with Gasteiger partial charge in [-0.05, 0) is 62.6 Å². The third kappa shape index (κ3) is 4.31. The zero-order valence-corrected chi connectivity index (χ0v) is 16.1. The zero-order valence-electron chi connectivity index (χ0n) is 16.1. The lowest BCUT2D eigenvalue weighted by Gasteiger charge is -2.19. The number of benzene rings is 2. The van der Waals surface area contributed by atoms with Crippen molar-refractivity contribution in [2.24, 2.45) is 0 Å². The predicted octanol–water partition coefficient (Wildman–Crippen LogP) is 4.45. The van der Waals surface area contributed by atoms with Crippen LogP contribution >= 0.6 is 0 Å². The van der Waals surface area contributed by atoms with E-state index in [1.807, 2.05) is 25.1 Å². The molecule has 0 spiro atoms. The van der Waals surface area contributed by atoms with Crippen molar-refractivity contribution < 1.29 is 18.7 Å². The molecule has 0 aliphatic rings. The molecule has 0 radical (unpaired) electrons. The molecule has 3 aromatic rings. The Bertz CT molecular complexity index is 1030. The monoisotopic (exact) mass is 383 g/mol.